The third-order valence-electron chi connectivity index (χ3n) is 0. The maximum atomic E-state index is 8.61. The van der Waals surface area contributed by atoms with Gasteiger partial charge in [-0.05, 0) is 0 Å². The normalized spacial score (nSPS) is 5.57. The van der Waals surface area contributed by atoms with Crippen LogP contribution in [0.4, 0.5) is 0 Å². The first kappa shape index (κ1) is 30.0. The van der Waals surface area contributed by atoms with Gasteiger partial charge in [-0.15, -0.1) is 0 Å². The second kappa shape index (κ2) is 24.7. The quantitative estimate of drug-likeness (QED) is 0.240. The second-order valence-corrected chi connectivity index (χ2v) is 5.03. The van der Waals surface area contributed by atoms with Crippen LogP contribution >= 0.6 is 0 Å². The Morgan fingerprint density at radius 3 is 0.500 bits per heavy atom. The Bertz CT molecular complexity index is 116. The van der Waals surface area contributed by atoms with E-state index in [1.54, 1.807) is 0 Å². The van der Waals surface area contributed by atoms with Crippen molar-refractivity contribution in [1.82, 2.24) is 0 Å². The van der Waals surface area contributed by atoms with Crippen molar-refractivity contribution in [3.63, 3.8) is 0 Å². The average Bonchev–Trinajstić information content (AvgIpc) is 1.54. The van der Waals surface area contributed by atoms with Gasteiger partial charge < -0.3 is 0 Å². The van der Waals surface area contributed by atoms with Crippen LogP contribution in [-0.2, 0) is 43.4 Å². The summed E-state index contributed by atoms with van der Waals surface area (Å²) in [6, 6.07) is 0. The van der Waals surface area contributed by atoms with Crippen molar-refractivity contribution < 1.29 is 64.0 Å². The zero-order valence-electron chi connectivity index (χ0n) is 5.88. The van der Waals surface area contributed by atoms with Gasteiger partial charge in [-0.3, -0.25) is 0 Å². The zero-order chi connectivity index (χ0) is 10.7. The number of hydrogen-bond acceptors (Lipinski definition) is 9. The molecule has 0 bridgehead atoms. The molecule has 0 aromatic heterocycles. The monoisotopic (exact) mass is 616 g/mol. The molecule has 14 heavy (non-hydrogen) atoms. The fraction of sp³-hybridized carbons (Fsp3) is 0. The van der Waals surface area contributed by atoms with Gasteiger partial charge in [0.1, 0.15) is 0 Å². The summed E-state index contributed by atoms with van der Waals surface area (Å²) in [6.07, 6.45) is 0. The Labute approximate surface area is 124 Å². The van der Waals surface area contributed by atoms with E-state index in [0.29, 0.717) is 0 Å². The van der Waals surface area contributed by atoms with Crippen LogP contribution in [-0.4, -0.2) is 61.7 Å². The first-order chi connectivity index (χ1) is 5.20. The van der Waals surface area contributed by atoms with Gasteiger partial charge in [-0.25, -0.2) is 0 Å². The molecule has 9 nitrogen and oxygen atoms in total. The summed E-state index contributed by atoms with van der Waals surface area (Å²) < 4.78 is 77.5. The van der Waals surface area contributed by atoms with Gasteiger partial charge in [-0.1, -0.05) is 0 Å². The van der Waals surface area contributed by atoms with Gasteiger partial charge in [0.25, 0.3) is 0 Å². The molecule has 0 unspecified atom stereocenters. The molecule has 0 atom stereocenters. The van der Waals surface area contributed by atoms with E-state index in [4.69, 9.17) is 29.9 Å². The van der Waals surface area contributed by atoms with E-state index in [9.17, 15) is 0 Å². The van der Waals surface area contributed by atoms with Crippen molar-refractivity contribution in [2.75, 3.05) is 0 Å². The van der Waals surface area contributed by atoms with E-state index in [2.05, 4.69) is 0 Å². The molecule has 0 aromatic carbocycles. The van der Waals surface area contributed by atoms with Crippen molar-refractivity contribution in [3.8, 4) is 0 Å². The van der Waals surface area contributed by atoms with Crippen molar-refractivity contribution in [1.29, 1.82) is 0 Å². The van der Waals surface area contributed by atoms with Crippen molar-refractivity contribution in [3.05, 3.63) is 0 Å². The van der Waals surface area contributed by atoms with Crippen LogP contribution in [0.2, 0.25) is 0 Å². The van der Waals surface area contributed by atoms with Crippen molar-refractivity contribution >= 4 is 61.7 Å². The molecule has 0 aliphatic heterocycles. The first-order valence-corrected chi connectivity index (χ1v) is 12.3. The Hall–Kier alpha value is 2.60. The fourth-order valence-electron chi connectivity index (χ4n) is 0. The molecule has 0 aliphatic rings. The molecule has 0 rings (SSSR count). The summed E-state index contributed by atoms with van der Waals surface area (Å²) in [5.74, 6) is 0. The van der Waals surface area contributed by atoms with E-state index in [1.807, 2.05) is 0 Å². The topological polar surface area (TPSA) is 190 Å². The molecule has 0 saturated carbocycles. The zero-order valence-corrected chi connectivity index (χ0v) is 16.7. The fourth-order valence-corrected chi connectivity index (χ4v) is 0. The van der Waals surface area contributed by atoms with Crippen LogP contribution in [0.15, 0.2) is 0 Å². The van der Waals surface area contributed by atoms with Crippen LogP contribution in [0.25, 0.3) is 0 Å². The molecule has 0 aromatic rings. The van der Waals surface area contributed by atoms with Crippen LogP contribution < -0.4 is 20.7 Å². The van der Waals surface area contributed by atoms with E-state index in [-0.39, 0.29) is 34.1 Å². The molecule has 14 heteroatoms. The van der Waals surface area contributed by atoms with E-state index >= 15 is 0 Å². The molecular weight excluding hydrogens is 612 g/mol. The number of rotatable bonds is 0. The third-order valence-corrected chi connectivity index (χ3v) is 0. The molecule has 82 valence electrons. The molecule has 0 spiro atoms. The summed E-state index contributed by atoms with van der Waals surface area (Å²) in [6.45, 7) is 0. The number of hydrogen-bond donors (Lipinski definition) is 0. The predicted molar refractivity (Wildman–Crippen MR) is 19.3 cm³/mol. The molecular formula is Fe2O9Sn3. The SMILES string of the molecule is [Fe+3].[Fe+3].[O]=[Sn]([O-])[O-].[O]=[Sn]([O-])[O-].[O]=[Sn]([O-])[O-]. The molecule has 0 amide bonds. The summed E-state index contributed by atoms with van der Waals surface area (Å²) >= 11 is -12.9. The Morgan fingerprint density at radius 2 is 0.500 bits per heavy atom. The summed E-state index contributed by atoms with van der Waals surface area (Å²) in [5.41, 5.74) is 0. The van der Waals surface area contributed by atoms with E-state index < -0.39 is 61.7 Å². The van der Waals surface area contributed by atoms with Crippen LogP contribution in [0.1, 0.15) is 0 Å². The van der Waals surface area contributed by atoms with Gasteiger partial charge in [0.15, 0.2) is 0 Å². The Kier molecular flexibility index (Phi) is 53.0. The summed E-state index contributed by atoms with van der Waals surface area (Å²) in [4.78, 5) is 0. The third kappa shape index (κ3) is 401. The summed E-state index contributed by atoms with van der Waals surface area (Å²) in [5, 5.41) is 0. The Balaban J connectivity index is -0.0000000270. The van der Waals surface area contributed by atoms with Gasteiger partial charge in [-0.2, -0.15) is 0 Å². The van der Waals surface area contributed by atoms with E-state index in [0.717, 1.165) is 0 Å². The van der Waals surface area contributed by atoms with Crippen molar-refractivity contribution in [2.45, 2.75) is 0 Å². The predicted octanol–water partition coefficient (Wildman–Crippen LogP) is -8.64. The average molecular weight is 612 g/mol. The minimum absolute atomic E-state index is 0. The van der Waals surface area contributed by atoms with Gasteiger partial charge >= 0.3 is 126 Å². The molecule has 0 saturated heterocycles. The molecule has 2 radical (unpaired) electrons. The molecule has 0 N–H and O–H groups in total. The maximum absolute atomic E-state index is 8.61. The van der Waals surface area contributed by atoms with E-state index in [1.165, 1.54) is 0 Å². The van der Waals surface area contributed by atoms with Crippen molar-refractivity contribution in [2.24, 2.45) is 0 Å². The van der Waals surface area contributed by atoms with Crippen LogP contribution in [0.5, 0.6) is 0 Å². The van der Waals surface area contributed by atoms with Crippen LogP contribution in [0, 0.1) is 0 Å². The molecule has 0 fully saturated rings. The minimum atomic E-state index is -4.29. The van der Waals surface area contributed by atoms with Gasteiger partial charge in [0.2, 0.25) is 0 Å². The first-order valence-electron chi connectivity index (χ1n) is 1.84. The molecule has 0 heterocycles. The Morgan fingerprint density at radius 1 is 0.500 bits per heavy atom. The summed E-state index contributed by atoms with van der Waals surface area (Å²) in [7, 11) is 0. The van der Waals surface area contributed by atoms with Gasteiger partial charge in [0.05, 0.1) is 0 Å². The van der Waals surface area contributed by atoms with Crippen LogP contribution in [0.3, 0.4) is 0 Å². The molecule has 0 aliphatic carbocycles. The van der Waals surface area contributed by atoms with Gasteiger partial charge in [0, 0.05) is 0 Å². The second-order valence-electron chi connectivity index (χ2n) is 0.750. The standard InChI is InChI=1S/2Fe.9O.3Sn/q2*+3;;;;6*-1;;;.